The quantitative estimate of drug-likeness (QED) is 0.721. The minimum absolute atomic E-state index is 0.133. The Hall–Kier alpha value is -1.69. The van der Waals surface area contributed by atoms with Crippen molar-refractivity contribution in [3.63, 3.8) is 0 Å². The first-order chi connectivity index (χ1) is 9.47. The number of nitrogens with zero attached hydrogens (tertiary/aromatic N) is 2. The van der Waals surface area contributed by atoms with Gasteiger partial charge in [0, 0.05) is 18.5 Å². The molecule has 0 fully saturated rings. The van der Waals surface area contributed by atoms with Crippen molar-refractivity contribution in [1.29, 1.82) is 0 Å². The summed E-state index contributed by atoms with van der Waals surface area (Å²) in [5.74, 6) is 0.726. The fourth-order valence-corrected chi connectivity index (χ4v) is 2.01. The summed E-state index contributed by atoms with van der Waals surface area (Å²) >= 11 is 0. The minimum atomic E-state index is -0.216. The van der Waals surface area contributed by atoms with Gasteiger partial charge in [-0.1, -0.05) is 32.4 Å². The van der Waals surface area contributed by atoms with Crippen LogP contribution in [0.4, 0.5) is 0 Å². The lowest BCUT2D eigenvalue weighted by molar-refractivity contribution is 0.0944. The minimum Gasteiger partial charge on any atom is -0.349 e. The number of aromatic amines is 1. The van der Waals surface area contributed by atoms with Crippen molar-refractivity contribution in [2.24, 2.45) is 0 Å². The second-order valence-electron chi connectivity index (χ2n) is 6.08. The molecule has 0 atom stereocenters. The molecular weight excluding hydrogens is 254 g/mol. The van der Waals surface area contributed by atoms with Gasteiger partial charge in [0.15, 0.2) is 0 Å². The van der Waals surface area contributed by atoms with Gasteiger partial charge in [-0.2, -0.15) is 0 Å². The molecule has 0 aliphatic carbocycles. The Bertz CT molecular complexity index is 498. The fourth-order valence-electron chi connectivity index (χ4n) is 2.01. The van der Waals surface area contributed by atoms with E-state index in [1.165, 1.54) is 5.57 Å². The summed E-state index contributed by atoms with van der Waals surface area (Å²) in [5.41, 5.74) is 1.26. The summed E-state index contributed by atoms with van der Waals surface area (Å²) in [4.78, 5) is 16.2. The standard InChI is InChI=1S/C14H23N5O/c1-14(2,3)13-17-11(18-19-13)12(20)16-9-6-10-4-7-15-8-5-10/h4,15H,5-9H2,1-3H3,(H,16,20)(H,17,18,19). The molecule has 0 radical (unpaired) electrons. The Labute approximate surface area is 119 Å². The van der Waals surface area contributed by atoms with Crippen molar-refractivity contribution in [3.05, 3.63) is 23.3 Å². The summed E-state index contributed by atoms with van der Waals surface area (Å²) < 4.78 is 0. The van der Waals surface area contributed by atoms with Crippen LogP contribution in [-0.4, -0.2) is 40.7 Å². The fraction of sp³-hybridized carbons (Fsp3) is 0.643. The molecule has 0 saturated heterocycles. The van der Waals surface area contributed by atoms with E-state index < -0.39 is 0 Å². The average Bonchev–Trinajstić information content (AvgIpc) is 2.89. The maximum absolute atomic E-state index is 11.9. The molecule has 0 aromatic carbocycles. The SMILES string of the molecule is CC(C)(C)c1nc(C(=O)NCCC2=CCNCC2)n[nH]1. The molecule has 1 aromatic rings. The summed E-state index contributed by atoms with van der Waals surface area (Å²) in [5, 5.41) is 12.9. The molecule has 0 unspecified atom stereocenters. The van der Waals surface area contributed by atoms with E-state index in [-0.39, 0.29) is 17.1 Å². The maximum Gasteiger partial charge on any atom is 0.290 e. The first-order valence-electron chi connectivity index (χ1n) is 7.06. The van der Waals surface area contributed by atoms with Crippen LogP contribution in [0.5, 0.6) is 0 Å². The van der Waals surface area contributed by atoms with Crippen LogP contribution in [-0.2, 0) is 5.41 Å². The van der Waals surface area contributed by atoms with Crippen LogP contribution in [0.2, 0.25) is 0 Å². The Morgan fingerprint density at radius 1 is 1.45 bits per heavy atom. The third-order valence-electron chi connectivity index (χ3n) is 3.29. The molecule has 1 amide bonds. The molecule has 1 aliphatic heterocycles. The van der Waals surface area contributed by atoms with Gasteiger partial charge in [0.2, 0.25) is 5.82 Å². The van der Waals surface area contributed by atoms with Crippen molar-refractivity contribution in [3.8, 4) is 0 Å². The van der Waals surface area contributed by atoms with E-state index in [0.29, 0.717) is 6.54 Å². The number of hydrogen-bond donors (Lipinski definition) is 3. The monoisotopic (exact) mass is 277 g/mol. The largest absolute Gasteiger partial charge is 0.349 e. The molecule has 20 heavy (non-hydrogen) atoms. The average molecular weight is 277 g/mol. The number of H-pyrrole nitrogens is 1. The lowest BCUT2D eigenvalue weighted by Gasteiger charge is -2.14. The van der Waals surface area contributed by atoms with E-state index in [1.807, 2.05) is 20.8 Å². The second-order valence-corrected chi connectivity index (χ2v) is 6.08. The third kappa shape index (κ3) is 3.90. The number of nitrogens with one attached hydrogen (secondary N) is 3. The molecule has 6 heteroatoms. The van der Waals surface area contributed by atoms with Crippen LogP contribution < -0.4 is 10.6 Å². The van der Waals surface area contributed by atoms with Gasteiger partial charge in [0.25, 0.3) is 5.91 Å². The predicted molar refractivity (Wildman–Crippen MR) is 77.6 cm³/mol. The van der Waals surface area contributed by atoms with Crippen LogP contribution in [0.3, 0.4) is 0 Å². The van der Waals surface area contributed by atoms with Crippen molar-refractivity contribution >= 4 is 5.91 Å². The topological polar surface area (TPSA) is 82.7 Å². The Morgan fingerprint density at radius 2 is 2.25 bits per heavy atom. The van der Waals surface area contributed by atoms with E-state index in [4.69, 9.17) is 0 Å². The van der Waals surface area contributed by atoms with Crippen LogP contribution in [0, 0.1) is 0 Å². The van der Waals surface area contributed by atoms with Gasteiger partial charge in [-0.25, -0.2) is 4.98 Å². The van der Waals surface area contributed by atoms with Gasteiger partial charge < -0.3 is 10.6 Å². The van der Waals surface area contributed by atoms with Crippen LogP contribution in [0.15, 0.2) is 11.6 Å². The predicted octanol–water partition coefficient (Wildman–Crippen LogP) is 1.14. The molecule has 0 bridgehead atoms. The highest BCUT2D eigenvalue weighted by atomic mass is 16.2. The lowest BCUT2D eigenvalue weighted by Crippen LogP contribution is -2.27. The lowest BCUT2D eigenvalue weighted by atomic mass is 9.96. The highest BCUT2D eigenvalue weighted by Gasteiger charge is 2.21. The third-order valence-corrected chi connectivity index (χ3v) is 3.29. The van der Waals surface area contributed by atoms with E-state index >= 15 is 0 Å². The second kappa shape index (κ2) is 6.17. The Balaban J connectivity index is 1.83. The molecule has 1 aliphatic rings. The zero-order valence-corrected chi connectivity index (χ0v) is 12.4. The molecular formula is C14H23N5O. The molecule has 3 N–H and O–H groups in total. The van der Waals surface area contributed by atoms with Gasteiger partial charge in [-0.15, -0.1) is 5.10 Å². The first kappa shape index (κ1) is 14.7. The van der Waals surface area contributed by atoms with Crippen LogP contribution in [0.25, 0.3) is 0 Å². The highest BCUT2D eigenvalue weighted by Crippen LogP contribution is 2.17. The number of aromatic nitrogens is 3. The molecule has 110 valence electrons. The van der Waals surface area contributed by atoms with Crippen molar-refractivity contribution in [2.45, 2.75) is 39.0 Å². The van der Waals surface area contributed by atoms with Gasteiger partial charge in [0.1, 0.15) is 5.82 Å². The van der Waals surface area contributed by atoms with E-state index in [2.05, 4.69) is 31.9 Å². The van der Waals surface area contributed by atoms with Gasteiger partial charge in [-0.3, -0.25) is 9.89 Å². The molecule has 6 nitrogen and oxygen atoms in total. The van der Waals surface area contributed by atoms with Gasteiger partial charge >= 0.3 is 0 Å². The number of carbonyl (C=O) groups excluding carboxylic acids is 1. The number of amides is 1. The van der Waals surface area contributed by atoms with Gasteiger partial charge in [0.05, 0.1) is 0 Å². The number of hydrogen-bond acceptors (Lipinski definition) is 4. The zero-order chi connectivity index (χ0) is 14.6. The van der Waals surface area contributed by atoms with Crippen LogP contribution in [0.1, 0.15) is 50.1 Å². The summed E-state index contributed by atoms with van der Waals surface area (Å²) in [6, 6.07) is 0. The summed E-state index contributed by atoms with van der Waals surface area (Å²) in [6.45, 7) is 8.66. The van der Waals surface area contributed by atoms with E-state index in [1.54, 1.807) is 0 Å². The molecule has 2 rings (SSSR count). The molecule has 0 saturated carbocycles. The summed E-state index contributed by atoms with van der Waals surface area (Å²) in [6.07, 6.45) is 4.15. The smallest absolute Gasteiger partial charge is 0.290 e. The maximum atomic E-state index is 11.9. The number of carbonyl (C=O) groups is 1. The van der Waals surface area contributed by atoms with Gasteiger partial charge in [-0.05, 0) is 19.4 Å². The highest BCUT2D eigenvalue weighted by molar-refractivity contribution is 5.90. The first-order valence-corrected chi connectivity index (χ1v) is 7.06. The Morgan fingerprint density at radius 3 is 2.85 bits per heavy atom. The molecule has 0 spiro atoms. The Kier molecular flexibility index (Phi) is 4.54. The molecule has 2 heterocycles. The number of rotatable bonds is 4. The van der Waals surface area contributed by atoms with E-state index in [9.17, 15) is 4.79 Å². The van der Waals surface area contributed by atoms with Crippen molar-refractivity contribution < 1.29 is 4.79 Å². The van der Waals surface area contributed by atoms with Crippen molar-refractivity contribution in [2.75, 3.05) is 19.6 Å². The van der Waals surface area contributed by atoms with E-state index in [0.717, 1.165) is 31.8 Å². The zero-order valence-electron chi connectivity index (χ0n) is 12.4. The van der Waals surface area contributed by atoms with Crippen molar-refractivity contribution in [1.82, 2.24) is 25.8 Å². The normalized spacial score (nSPS) is 15.8. The summed E-state index contributed by atoms with van der Waals surface area (Å²) in [7, 11) is 0. The molecule has 1 aromatic heterocycles. The van der Waals surface area contributed by atoms with Crippen LogP contribution >= 0.6 is 0 Å².